The van der Waals surface area contributed by atoms with E-state index in [9.17, 15) is 9.90 Å². The quantitative estimate of drug-likeness (QED) is 0.805. The third kappa shape index (κ3) is 2.29. The van der Waals surface area contributed by atoms with Crippen LogP contribution in [0.2, 0.25) is 0 Å². The number of rotatable bonds is 2. The summed E-state index contributed by atoms with van der Waals surface area (Å²) in [6.07, 6.45) is 10.3. The third-order valence-corrected chi connectivity index (χ3v) is 7.84. The normalized spacial score (nSPS) is 44.6. The van der Waals surface area contributed by atoms with Gasteiger partial charge in [0.15, 0.2) is 5.78 Å². The highest BCUT2D eigenvalue weighted by molar-refractivity contribution is 5.91. The van der Waals surface area contributed by atoms with Gasteiger partial charge >= 0.3 is 0 Å². The first-order valence-corrected chi connectivity index (χ1v) is 9.18. The van der Waals surface area contributed by atoms with Crippen molar-refractivity contribution in [1.29, 1.82) is 0 Å². The molecule has 0 amide bonds. The van der Waals surface area contributed by atoms with E-state index < -0.39 is 5.60 Å². The monoisotopic (exact) mass is 304 g/mol. The number of hydrogen-bond acceptors (Lipinski definition) is 2. The maximum Gasteiger partial charge on any atom is 0.155 e. The van der Waals surface area contributed by atoms with E-state index in [-0.39, 0.29) is 10.8 Å². The Bertz CT molecular complexity index is 504. The van der Waals surface area contributed by atoms with Gasteiger partial charge in [0.25, 0.3) is 0 Å². The Morgan fingerprint density at radius 3 is 2.68 bits per heavy atom. The van der Waals surface area contributed by atoms with Crippen LogP contribution in [0.1, 0.15) is 79.1 Å². The molecule has 2 heteroatoms. The second kappa shape index (κ2) is 5.19. The number of hydrogen-bond donors (Lipinski definition) is 1. The van der Waals surface area contributed by atoms with Crippen LogP contribution in [0, 0.1) is 22.7 Å². The molecular formula is C20H32O2. The average Bonchev–Trinajstić information content (AvgIpc) is 2.47. The Labute approximate surface area is 135 Å². The molecule has 0 saturated heterocycles. The molecule has 124 valence electrons. The number of carbonyl (C=O) groups excluding carboxylic acids is 1. The number of ketones is 1. The van der Waals surface area contributed by atoms with Crippen LogP contribution in [-0.4, -0.2) is 16.5 Å². The molecule has 5 atom stereocenters. The number of allylic oxidation sites excluding steroid dienone is 2. The molecule has 0 radical (unpaired) electrons. The summed E-state index contributed by atoms with van der Waals surface area (Å²) in [7, 11) is 0. The minimum absolute atomic E-state index is 0.0466. The Morgan fingerprint density at radius 1 is 1.27 bits per heavy atom. The van der Waals surface area contributed by atoms with Crippen molar-refractivity contribution in [2.75, 3.05) is 0 Å². The molecule has 0 aromatic rings. The molecule has 0 bridgehead atoms. The molecule has 2 nitrogen and oxygen atoms in total. The fourth-order valence-corrected chi connectivity index (χ4v) is 5.69. The van der Waals surface area contributed by atoms with Gasteiger partial charge in [0.2, 0.25) is 0 Å². The van der Waals surface area contributed by atoms with E-state index in [2.05, 4.69) is 20.8 Å². The lowest BCUT2D eigenvalue weighted by Crippen LogP contribution is -2.52. The fraction of sp³-hybridized carbons (Fsp3) is 0.850. The Kier molecular flexibility index (Phi) is 3.83. The SMILES string of the molecule is CC[C@@](C)(O)C1(C)CCC2C(CCC3=CC(=O)CCC32C)C1. The standard InChI is InChI=1S/C20H32O2/c1-5-20(4,22)18(2)10-9-17-14(13-18)6-7-15-12-16(21)8-11-19(15,17)3/h12,14,17,22H,5-11,13H2,1-4H3/t14?,17?,18?,19?,20-/m1/s1. The first-order valence-electron chi connectivity index (χ1n) is 9.18. The van der Waals surface area contributed by atoms with Gasteiger partial charge in [-0.25, -0.2) is 0 Å². The summed E-state index contributed by atoms with van der Waals surface area (Å²) in [6.45, 7) is 8.84. The largest absolute Gasteiger partial charge is 0.390 e. The maximum atomic E-state index is 11.8. The highest BCUT2D eigenvalue weighted by Gasteiger charge is 2.54. The van der Waals surface area contributed by atoms with Gasteiger partial charge in [-0.05, 0) is 80.6 Å². The van der Waals surface area contributed by atoms with Crippen LogP contribution in [0.3, 0.4) is 0 Å². The first kappa shape index (κ1) is 16.2. The average molecular weight is 304 g/mol. The van der Waals surface area contributed by atoms with Crippen molar-refractivity contribution in [3.05, 3.63) is 11.6 Å². The van der Waals surface area contributed by atoms with Crippen molar-refractivity contribution < 1.29 is 9.90 Å². The van der Waals surface area contributed by atoms with Crippen LogP contribution in [0.5, 0.6) is 0 Å². The maximum absolute atomic E-state index is 11.8. The summed E-state index contributed by atoms with van der Waals surface area (Å²) < 4.78 is 0. The molecule has 22 heavy (non-hydrogen) atoms. The number of fused-ring (bicyclic) bond motifs is 3. The van der Waals surface area contributed by atoms with Crippen molar-refractivity contribution in [1.82, 2.24) is 0 Å². The molecule has 4 unspecified atom stereocenters. The van der Waals surface area contributed by atoms with Crippen LogP contribution < -0.4 is 0 Å². The smallest absolute Gasteiger partial charge is 0.155 e. The van der Waals surface area contributed by atoms with Crippen LogP contribution >= 0.6 is 0 Å². The molecule has 3 aliphatic carbocycles. The molecule has 3 rings (SSSR count). The second-order valence-electron chi connectivity index (χ2n) is 8.89. The Morgan fingerprint density at radius 2 is 2.00 bits per heavy atom. The molecule has 0 aliphatic heterocycles. The van der Waals surface area contributed by atoms with Crippen molar-refractivity contribution in [2.45, 2.75) is 84.7 Å². The predicted molar refractivity (Wildman–Crippen MR) is 89.5 cm³/mol. The molecule has 1 N–H and O–H groups in total. The second-order valence-corrected chi connectivity index (χ2v) is 8.89. The first-order chi connectivity index (χ1) is 10.2. The van der Waals surface area contributed by atoms with Gasteiger partial charge in [0.1, 0.15) is 0 Å². The molecule has 3 aliphatic rings. The minimum atomic E-state index is -0.558. The summed E-state index contributed by atoms with van der Waals surface area (Å²) in [5.41, 5.74) is 1.16. The molecule has 0 heterocycles. The summed E-state index contributed by atoms with van der Waals surface area (Å²) >= 11 is 0. The van der Waals surface area contributed by atoms with Crippen LogP contribution in [0.4, 0.5) is 0 Å². The lowest BCUT2D eigenvalue weighted by molar-refractivity contribution is -0.123. The van der Waals surface area contributed by atoms with E-state index in [0.717, 1.165) is 38.5 Å². The lowest BCUT2D eigenvalue weighted by atomic mass is 9.48. The number of carbonyl (C=O) groups is 1. The molecule has 2 saturated carbocycles. The highest BCUT2D eigenvalue weighted by Crippen LogP contribution is 2.61. The molecule has 0 spiro atoms. The van der Waals surface area contributed by atoms with E-state index in [0.29, 0.717) is 17.6 Å². The summed E-state index contributed by atoms with van der Waals surface area (Å²) in [5.74, 6) is 1.76. The van der Waals surface area contributed by atoms with E-state index in [1.165, 1.54) is 18.4 Å². The fourth-order valence-electron chi connectivity index (χ4n) is 5.69. The van der Waals surface area contributed by atoms with E-state index >= 15 is 0 Å². The summed E-state index contributed by atoms with van der Waals surface area (Å²) in [4.78, 5) is 11.8. The van der Waals surface area contributed by atoms with Gasteiger partial charge in [-0.1, -0.05) is 26.3 Å². The van der Waals surface area contributed by atoms with Gasteiger partial charge in [-0.3, -0.25) is 4.79 Å². The van der Waals surface area contributed by atoms with Gasteiger partial charge in [-0.2, -0.15) is 0 Å². The van der Waals surface area contributed by atoms with Crippen molar-refractivity contribution in [3.8, 4) is 0 Å². The van der Waals surface area contributed by atoms with Gasteiger partial charge in [-0.15, -0.1) is 0 Å². The zero-order valence-corrected chi connectivity index (χ0v) is 14.7. The molecule has 0 aromatic heterocycles. The highest BCUT2D eigenvalue weighted by atomic mass is 16.3. The Hall–Kier alpha value is -0.630. The molecule has 0 aromatic carbocycles. The topological polar surface area (TPSA) is 37.3 Å². The van der Waals surface area contributed by atoms with Gasteiger partial charge in [0, 0.05) is 6.42 Å². The van der Waals surface area contributed by atoms with Crippen LogP contribution in [0.25, 0.3) is 0 Å². The summed E-state index contributed by atoms with van der Waals surface area (Å²) in [5, 5.41) is 10.9. The Balaban J connectivity index is 1.85. The van der Waals surface area contributed by atoms with E-state index in [4.69, 9.17) is 0 Å². The molecule has 2 fully saturated rings. The third-order valence-electron chi connectivity index (χ3n) is 7.84. The summed E-state index contributed by atoms with van der Waals surface area (Å²) in [6, 6.07) is 0. The van der Waals surface area contributed by atoms with Gasteiger partial charge in [0.05, 0.1) is 5.60 Å². The zero-order valence-electron chi connectivity index (χ0n) is 14.7. The predicted octanol–water partition coefficient (Wildman–Crippen LogP) is 4.66. The van der Waals surface area contributed by atoms with Crippen molar-refractivity contribution in [2.24, 2.45) is 22.7 Å². The van der Waals surface area contributed by atoms with E-state index in [1.54, 1.807) is 0 Å². The van der Waals surface area contributed by atoms with E-state index in [1.807, 2.05) is 13.0 Å². The minimum Gasteiger partial charge on any atom is -0.390 e. The van der Waals surface area contributed by atoms with Gasteiger partial charge < -0.3 is 5.11 Å². The number of aliphatic hydroxyl groups is 1. The molecular weight excluding hydrogens is 272 g/mol. The van der Waals surface area contributed by atoms with Crippen LogP contribution in [0.15, 0.2) is 11.6 Å². The van der Waals surface area contributed by atoms with Crippen molar-refractivity contribution in [3.63, 3.8) is 0 Å². The lowest BCUT2D eigenvalue weighted by Gasteiger charge is -2.57. The zero-order chi connectivity index (χ0) is 16.2. The van der Waals surface area contributed by atoms with Crippen LogP contribution in [-0.2, 0) is 4.79 Å². The van der Waals surface area contributed by atoms with Crippen molar-refractivity contribution >= 4 is 5.78 Å².